The first-order chi connectivity index (χ1) is 12.1. The fraction of sp³-hybridized carbons (Fsp3) is 0.400. The molecule has 0 unspecified atom stereocenters. The van der Waals surface area contributed by atoms with Gasteiger partial charge in [0.05, 0.1) is 0 Å². The zero-order valence-corrected chi connectivity index (χ0v) is 15.3. The normalized spacial score (nSPS) is 16.7. The minimum Gasteiger partial charge on any atom is -0.491 e. The fourth-order valence-electron chi connectivity index (χ4n) is 3.09. The van der Waals surface area contributed by atoms with Gasteiger partial charge in [0.1, 0.15) is 18.5 Å². The Balaban J connectivity index is 1.41. The van der Waals surface area contributed by atoms with Crippen molar-refractivity contribution in [3.63, 3.8) is 0 Å². The molecule has 0 radical (unpaired) electrons. The summed E-state index contributed by atoms with van der Waals surface area (Å²) in [5, 5.41) is 11.0. The van der Waals surface area contributed by atoms with Crippen LogP contribution in [0.3, 0.4) is 0 Å². The van der Waals surface area contributed by atoms with Crippen molar-refractivity contribution in [1.82, 2.24) is 4.90 Å². The van der Waals surface area contributed by atoms with Crippen molar-refractivity contribution in [3.05, 3.63) is 59.1 Å². The van der Waals surface area contributed by atoms with Crippen LogP contribution in [0.25, 0.3) is 0 Å². The minimum absolute atomic E-state index is 0.320. The van der Waals surface area contributed by atoms with Crippen LogP contribution in [0.1, 0.15) is 5.56 Å². The standard InChI is InChI=1S/C20H25ClN2O2/c1-16-3-2-4-20(13-16)25-15-19(24)14-22-9-11-23(12-10-22)18-7-5-17(21)6-8-18/h2-8,13,19,24H,9-12,14-15H2,1H3/t19-/m0/s1. The van der Waals surface area contributed by atoms with Crippen LogP contribution >= 0.6 is 11.6 Å². The number of aliphatic hydroxyl groups is 1. The largest absolute Gasteiger partial charge is 0.491 e. The Bertz CT molecular complexity index is 670. The number of β-amino-alcohol motifs (C(OH)–C–C–N with tert-alkyl or cyclic N) is 1. The lowest BCUT2D eigenvalue weighted by atomic mass is 10.2. The summed E-state index contributed by atoms with van der Waals surface area (Å²) >= 11 is 5.95. The highest BCUT2D eigenvalue weighted by Crippen LogP contribution is 2.19. The van der Waals surface area contributed by atoms with E-state index in [0.717, 1.165) is 42.5 Å². The molecule has 0 saturated carbocycles. The van der Waals surface area contributed by atoms with E-state index in [1.807, 2.05) is 43.3 Å². The average molecular weight is 361 g/mol. The Kier molecular flexibility index (Phi) is 6.19. The van der Waals surface area contributed by atoms with Crippen LogP contribution in [0.15, 0.2) is 48.5 Å². The molecule has 1 atom stereocenters. The molecule has 0 spiro atoms. The monoisotopic (exact) mass is 360 g/mol. The molecule has 1 aliphatic rings. The summed E-state index contributed by atoms with van der Waals surface area (Å²) in [5.74, 6) is 0.812. The fourth-order valence-corrected chi connectivity index (χ4v) is 3.21. The predicted octanol–water partition coefficient (Wildman–Crippen LogP) is 3.21. The highest BCUT2D eigenvalue weighted by molar-refractivity contribution is 6.30. The van der Waals surface area contributed by atoms with E-state index >= 15 is 0 Å². The molecule has 4 nitrogen and oxygen atoms in total. The Morgan fingerprint density at radius 1 is 1.08 bits per heavy atom. The molecule has 5 heteroatoms. The van der Waals surface area contributed by atoms with Gasteiger partial charge in [-0.25, -0.2) is 0 Å². The minimum atomic E-state index is -0.484. The Labute approximate surface area is 154 Å². The predicted molar refractivity (Wildman–Crippen MR) is 103 cm³/mol. The average Bonchev–Trinajstić information content (AvgIpc) is 2.62. The van der Waals surface area contributed by atoms with Gasteiger partial charge < -0.3 is 14.7 Å². The van der Waals surface area contributed by atoms with E-state index in [-0.39, 0.29) is 0 Å². The second-order valence-electron chi connectivity index (χ2n) is 6.55. The number of benzene rings is 2. The Morgan fingerprint density at radius 2 is 1.80 bits per heavy atom. The van der Waals surface area contributed by atoms with Crippen LogP contribution in [-0.2, 0) is 0 Å². The summed E-state index contributed by atoms with van der Waals surface area (Å²) in [4.78, 5) is 4.64. The van der Waals surface area contributed by atoms with Gasteiger partial charge in [-0.15, -0.1) is 0 Å². The number of hydrogen-bond donors (Lipinski definition) is 1. The summed E-state index contributed by atoms with van der Waals surface area (Å²) in [7, 11) is 0. The smallest absolute Gasteiger partial charge is 0.119 e. The van der Waals surface area contributed by atoms with Gasteiger partial charge in [0, 0.05) is 43.4 Å². The zero-order chi connectivity index (χ0) is 17.6. The third-order valence-corrected chi connectivity index (χ3v) is 4.72. The summed E-state index contributed by atoms with van der Waals surface area (Å²) in [6, 6.07) is 15.9. The van der Waals surface area contributed by atoms with Crippen LogP contribution in [0.2, 0.25) is 5.02 Å². The van der Waals surface area contributed by atoms with Crippen LogP contribution in [-0.4, -0.2) is 55.4 Å². The lowest BCUT2D eigenvalue weighted by Crippen LogP contribution is -2.49. The first kappa shape index (κ1) is 18.1. The van der Waals surface area contributed by atoms with Crippen LogP contribution in [0.4, 0.5) is 5.69 Å². The molecule has 0 bridgehead atoms. The number of nitrogens with zero attached hydrogens (tertiary/aromatic N) is 2. The maximum atomic E-state index is 10.3. The van der Waals surface area contributed by atoms with E-state index in [0.29, 0.717) is 13.2 Å². The summed E-state index contributed by atoms with van der Waals surface area (Å²) in [5.41, 5.74) is 2.36. The van der Waals surface area contributed by atoms with Gasteiger partial charge in [-0.1, -0.05) is 23.7 Å². The van der Waals surface area contributed by atoms with E-state index in [1.165, 1.54) is 5.69 Å². The molecule has 134 valence electrons. The number of piperazine rings is 1. The van der Waals surface area contributed by atoms with Crippen LogP contribution in [0.5, 0.6) is 5.75 Å². The molecule has 2 aromatic rings. The van der Waals surface area contributed by atoms with E-state index < -0.39 is 6.10 Å². The molecule has 0 aromatic heterocycles. The molecule has 25 heavy (non-hydrogen) atoms. The zero-order valence-electron chi connectivity index (χ0n) is 14.6. The number of ether oxygens (including phenoxy) is 1. The van der Waals surface area contributed by atoms with Crippen LogP contribution in [0, 0.1) is 6.92 Å². The SMILES string of the molecule is Cc1cccc(OC[C@@H](O)CN2CCN(c3ccc(Cl)cc3)CC2)c1. The van der Waals surface area contributed by atoms with E-state index in [1.54, 1.807) is 0 Å². The number of rotatable bonds is 6. The Morgan fingerprint density at radius 3 is 2.48 bits per heavy atom. The van der Waals surface area contributed by atoms with E-state index in [9.17, 15) is 5.11 Å². The van der Waals surface area contributed by atoms with Gasteiger partial charge >= 0.3 is 0 Å². The van der Waals surface area contributed by atoms with Gasteiger partial charge in [-0.2, -0.15) is 0 Å². The highest BCUT2D eigenvalue weighted by atomic mass is 35.5. The second-order valence-corrected chi connectivity index (χ2v) is 6.98. The highest BCUT2D eigenvalue weighted by Gasteiger charge is 2.19. The molecule has 0 amide bonds. The second kappa shape index (κ2) is 8.56. The number of aliphatic hydroxyl groups excluding tert-OH is 1. The molecule has 1 fully saturated rings. The first-order valence-electron chi connectivity index (χ1n) is 8.70. The summed E-state index contributed by atoms with van der Waals surface area (Å²) in [6.45, 7) is 6.76. The van der Waals surface area contributed by atoms with Gasteiger partial charge in [0.2, 0.25) is 0 Å². The topological polar surface area (TPSA) is 35.9 Å². The van der Waals surface area contributed by atoms with Gasteiger partial charge in [-0.05, 0) is 48.9 Å². The van der Waals surface area contributed by atoms with Crippen molar-refractivity contribution in [2.45, 2.75) is 13.0 Å². The Hall–Kier alpha value is -1.75. The first-order valence-corrected chi connectivity index (χ1v) is 9.08. The molecule has 1 saturated heterocycles. The summed E-state index contributed by atoms with van der Waals surface area (Å²) in [6.07, 6.45) is -0.484. The third kappa shape index (κ3) is 5.36. The van der Waals surface area contributed by atoms with Gasteiger partial charge in [0.25, 0.3) is 0 Å². The maximum absolute atomic E-state index is 10.3. The molecule has 1 aliphatic heterocycles. The van der Waals surface area contributed by atoms with Crippen molar-refractivity contribution >= 4 is 17.3 Å². The summed E-state index contributed by atoms with van der Waals surface area (Å²) < 4.78 is 5.69. The number of halogens is 1. The molecule has 1 N–H and O–H groups in total. The number of anilines is 1. The van der Waals surface area contributed by atoms with Crippen molar-refractivity contribution in [1.29, 1.82) is 0 Å². The van der Waals surface area contributed by atoms with E-state index in [4.69, 9.17) is 16.3 Å². The molecular weight excluding hydrogens is 336 g/mol. The van der Waals surface area contributed by atoms with Gasteiger partial charge in [0.15, 0.2) is 0 Å². The van der Waals surface area contributed by atoms with Crippen molar-refractivity contribution in [2.24, 2.45) is 0 Å². The molecular formula is C20H25ClN2O2. The number of aryl methyl sites for hydroxylation is 1. The quantitative estimate of drug-likeness (QED) is 0.858. The van der Waals surface area contributed by atoms with Crippen molar-refractivity contribution < 1.29 is 9.84 Å². The maximum Gasteiger partial charge on any atom is 0.119 e. The van der Waals surface area contributed by atoms with Crippen molar-refractivity contribution in [2.75, 3.05) is 44.2 Å². The van der Waals surface area contributed by atoms with Gasteiger partial charge in [-0.3, -0.25) is 4.90 Å². The third-order valence-electron chi connectivity index (χ3n) is 4.46. The lowest BCUT2D eigenvalue weighted by molar-refractivity contribution is 0.0663. The number of hydrogen-bond acceptors (Lipinski definition) is 4. The van der Waals surface area contributed by atoms with Crippen molar-refractivity contribution in [3.8, 4) is 5.75 Å². The lowest BCUT2D eigenvalue weighted by Gasteiger charge is -2.36. The molecule has 0 aliphatic carbocycles. The van der Waals surface area contributed by atoms with E-state index in [2.05, 4.69) is 21.9 Å². The van der Waals surface area contributed by atoms with Crippen LogP contribution < -0.4 is 9.64 Å². The molecule has 1 heterocycles. The molecule has 2 aromatic carbocycles. The molecule has 3 rings (SSSR count).